The molecular formula is C12H16O3. The van der Waals surface area contributed by atoms with Crippen LogP contribution < -0.4 is 0 Å². The Morgan fingerprint density at radius 2 is 2.27 bits per heavy atom. The van der Waals surface area contributed by atoms with Gasteiger partial charge in [0.05, 0.1) is 5.92 Å². The van der Waals surface area contributed by atoms with E-state index in [2.05, 4.69) is 0 Å². The first-order chi connectivity index (χ1) is 7.09. The van der Waals surface area contributed by atoms with Crippen LogP contribution in [-0.4, -0.2) is 11.1 Å². The van der Waals surface area contributed by atoms with Gasteiger partial charge in [-0.15, -0.1) is 0 Å². The Morgan fingerprint density at radius 1 is 1.53 bits per heavy atom. The summed E-state index contributed by atoms with van der Waals surface area (Å²) < 4.78 is 5.64. The van der Waals surface area contributed by atoms with Crippen molar-refractivity contribution in [3.63, 3.8) is 0 Å². The van der Waals surface area contributed by atoms with Crippen molar-refractivity contribution in [2.45, 2.75) is 39.5 Å². The van der Waals surface area contributed by atoms with E-state index in [0.29, 0.717) is 6.42 Å². The Labute approximate surface area is 89.1 Å². The second-order valence-electron chi connectivity index (χ2n) is 4.34. The van der Waals surface area contributed by atoms with Crippen LogP contribution in [0.5, 0.6) is 0 Å². The number of carboxylic acid groups (broad SMARTS) is 1. The lowest BCUT2D eigenvalue weighted by Crippen LogP contribution is -2.13. The highest BCUT2D eigenvalue weighted by molar-refractivity contribution is 5.70. The van der Waals surface area contributed by atoms with Gasteiger partial charge < -0.3 is 9.52 Å². The fourth-order valence-electron chi connectivity index (χ4n) is 2.27. The highest BCUT2D eigenvalue weighted by atomic mass is 16.4. The topological polar surface area (TPSA) is 50.4 Å². The average molecular weight is 208 g/mol. The molecule has 1 aliphatic carbocycles. The monoisotopic (exact) mass is 208 g/mol. The van der Waals surface area contributed by atoms with Gasteiger partial charge in [0.1, 0.15) is 11.5 Å². The van der Waals surface area contributed by atoms with E-state index in [9.17, 15) is 4.79 Å². The van der Waals surface area contributed by atoms with Crippen LogP contribution in [0.25, 0.3) is 0 Å². The first-order valence-corrected chi connectivity index (χ1v) is 5.42. The number of aryl methyl sites for hydroxylation is 2. The molecule has 1 unspecified atom stereocenters. The molecule has 1 atom stereocenters. The van der Waals surface area contributed by atoms with Crippen LogP contribution in [-0.2, 0) is 24.1 Å². The van der Waals surface area contributed by atoms with E-state index in [4.69, 9.17) is 9.52 Å². The maximum Gasteiger partial charge on any atom is 0.306 e. The zero-order valence-corrected chi connectivity index (χ0v) is 9.17. The molecule has 0 aromatic carbocycles. The van der Waals surface area contributed by atoms with E-state index >= 15 is 0 Å². The molecule has 0 saturated heterocycles. The summed E-state index contributed by atoms with van der Waals surface area (Å²) in [6.45, 7) is 3.68. The van der Waals surface area contributed by atoms with Crippen molar-refractivity contribution in [1.82, 2.24) is 0 Å². The minimum atomic E-state index is -0.734. The van der Waals surface area contributed by atoms with Gasteiger partial charge in [-0.1, -0.05) is 6.92 Å². The highest BCUT2D eigenvalue weighted by Gasteiger charge is 2.24. The maximum atomic E-state index is 10.8. The number of carboxylic acids is 1. The zero-order chi connectivity index (χ0) is 11.0. The van der Waals surface area contributed by atoms with Gasteiger partial charge in [-0.2, -0.15) is 0 Å². The molecule has 0 aliphatic heterocycles. The van der Waals surface area contributed by atoms with Crippen LogP contribution in [0.2, 0.25) is 0 Å². The van der Waals surface area contributed by atoms with E-state index in [1.807, 2.05) is 6.92 Å². The van der Waals surface area contributed by atoms with Crippen molar-refractivity contribution in [3.8, 4) is 0 Å². The summed E-state index contributed by atoms with van der Waals surface area (Å²) in [4.78, 5) is 10.8. The molecule has 0 fully saturated rings. The number of carbonyl (C=O) groups is 1. The molecule has 0 bridgehead atoms. The second kappa shape index (κ2) is 3.72. The molecule has 0 spiro atoms. The molecular weight excluding hydrogens is 192 g/mol. The molecule has 82 valence electrons. The predicted octanol–water partition coefficient (Wildman–Crippen LogP) is 2.34. The number of hydrogen-bond acceptors (Lipinski definition) is 2. The first kappa shape index (κ1) is 10.3. The molecule has 0 amide bonds. The van der Waals surface area contributed by atoms with Crippen LogP contribution in [0, 0.1) is 12.8 Å². The Kier molecular flexibility index (Phi) is 2.55. The van der Waals surface area contributed by atoms with Crippen LogP contribution >= 0.6 is 0 Å². The minimum absolute atomic E-state index is 0.328. The lowest BCUT2D eigenvalue weighted by molar-refractivity contribution is -0.141. The maximum absolute atomic E-state index is 10.8. The van der Waals surface area contributed by atoms with E-state index in [1.54, 1.807) is 6.92 Å². The molecule has 0 saturated carbocycles. The summed E-state index contributed by atoms with van der Waals surface area (Å²) in [7, 11) is 0. The summed E-state index contributed by atoms with van der Waals surface area (Å²) in [6, 6.07) is 0. The predicted molar refractivity (Wildman–Crippen MR) is 56.0 cm³/mol. The van der Waals surface area contributed by atoms with Gasteiger partial charge >= 0.3 is 5.97 Å². The fourth-order valence-corrected chi connectivity index (χ4v) is 2.27. The third kappa shape index (κ3) is 1.78. The molecule has 1 heterocycles. The second-order valence-corrected chi connectivity index (χ2v) is 4.34. The van der Waals surface area contributed by atoms with Crippen molar-refractivity contribution in [2.75, 3.05) is 0 Å². The Hall–Kier alpha value is -1.25. The molecule has 2 rings (SSSR count). The number of aliphatic carboxylic acids is 1. The number of furan rings is 1. The quantitative estimate of drug-likeness (QED) is 0.829. The van der Waals surface area contributed by atoms with Gasteiger partial charge in [-0.05, 0) is 37.3 Å². The normalized spacial score (nSPS) is 16.4. The van der Waals surface area contributed by atoms with Gasteiger partial charge in [0.15, 0.2) is 0 Å². The Morgan fingerprint density at radius 3 is 2.93 bits per heavy atom. The van der Waals surface area contributed by atoms with Crippen molar-refractivity contribution in [1.29, 1.82) is 0 Å². The minimum Gasteiger partial charge on any atom is -0.481 e. The SMILES string of the molecule is Cc1oc2c(c1CC(C)C(=O)O)CCC2. The van der Waals surface area contributed by atoms with Crippen LogP contribution in [0.1, 0.15) is 36.0 Å². The Bertz CT molecular complexity index is 390. The third-order valence-corrected chi connectivity index (χ3v) is 3.16. The van der Waals surface area contributed by atoms with Crippen molar-refractivity contribution >= 4 is 5.97 Å². The van der Waals surface area contributed by atoms with Crippen molar-refractivity contribution in [3.05, 3.63) is 22.6 Å². The van der Waals surface area contributed by atoms with Gasteiger partial charge in [0.2, 0.25) is 0 Å². The third-order valence-electron chi connectivity index (χ3n) is 3.16. The lowest BCUT2D eigenvalue weighted by Gasteiger charge is -2.06. The van der Waals surface area contributed by atoms with Gasteiger partial charge in [-0.3, -0.25) is 4.79 Å². The number of rotatable bonds is 3. The number of hydrogen-bond donors (Lipinski definition) is 1. The molecule has 1 aliphatic rings. The molecule has 1 N–H and O–H groups in total. The van der Waals surface area contributed by atoms with Crippen LogP contribution in [0.3, 0.4) is 0 Å². The van der Waals surface area contributed by atoms with Crippen molar-refractivity contribution in [2.24, 2.45) is 5.92 Å². The largest absolute Gasteiger partial charge is 0.481 e. The Balaban J connectivity index is 2.24. The summed E-state index contributed by atoms with van der Waals surface area (Å²) in [5.41, 5.74) is 2.41. The van der Waals surface area contributed by atoms with E-state index in [1.165, 1.54) is 5.56 Å². The average Bonchev–Trinajstić information content (AvgIpc) is 2.69. The highest BCUT2D eigenvalue weighted by Crippen LogP contribution is 2.31. The number of fused-ring (bicyclic) bond motifs is 1. The summed E-state index contributed by atoms with van der Waals surface area (Å²) in [5.74, 6) is 0.932. The van der Waals surface area contributed by atoms with Gasteiger partial charge in [0.25, 0.3) is 0 Å². The summed E-state index contributed by atoms with van der Waals surface area (Å²) >= 11 is 0. The molecule has 15 heavy (non-hydrogen) atoms. The molecule has 1 aromatic rings. The van der Waals surface area contributed by atoms with E-state index in [0.717, 1.165) is 36.3 Å². The molecule has 0 radical (unpaired) electrons. The lowest BCUT2D eigenvalue weighted by atomic mass is 9.97. The summed E-state index contributed by atoms with van der Waals surface area (Å²) in [5, 5.41) is 8.89. The molecule has 1 aromatic heterocycles. The fraction of sp³-hybridized carbons (Fsp3) is 0.583. The van der Waals surface area contributed by atoms with Gasteiger partial charge in [-0.25, -0.2) is 0 Å². The van der Waals surface area contributed by atoms with E-state index in [-0.39, 0.29) is 5.92 Å². The van der Waals surface area contributed by atoms with E-state index < -0.39 is 5.97 Å². The van der Waals surface area contributed by atoms with Gasteiger partial charge in [0, 0.05) is 6.42 Å². The van der Waals surface area contributed by atoms with Crippen LogP contribution in [0.4, 0.5) is 0 Å². The zero-order valence-electron chi connectivity index (χ0n) is 9.17. The standard InChI is InChI=1S/C12H16O3/c1-7(12(13)14)6-10-8(2)15-11-5-3-4-9(10)11/h7H,3-6H2,1-2H3,(H,13,14). The van der Waals surface area contributed by atoms with Crippen molar-refractivity contribution < 1.29 is 14.3 Å². The summed E-state index contributed by atoms with van der Waals surface area (Å²) in [6.07, 6.45) is 3.80. The smallest absolute Gasteiger partial charge is 0.306 e. The molecule has 3 heteroatoms. The van der Waals surface area contributed by atoms with Crippen LogP contribution in [0.15, 0.2) is 4.42 Å². The molecule has 3 nitrogen and oxygen atoms in total. The first-order valence-electron chi connectivity index (χ1n) is 5.42.